The van der Waals surface area contributed by atoms with Crippen molar-refractivity contribution in [3.05, 3.63) is 103 Å². The van der Waals surface area contributed by atoms with Crippen LogP contribution in [0.4, 0.5) is 0 Å². The highest BCUT2D eigenvalue weighted by molar-refractivity contribution is 8.08. The molecular formula is C24H18Cl2S5. The molecule has 0 radical (unpaired) electrons. The first-order valence-electron chi connectivity index (χ1n) is 9.74. The first-order valence-corrected chi connectivity index (χ1v) is 15.0. The van der Waals surface area contributed by atoms with Gasteiger partial charge in [-0.05, 0) is 71.4 Å². The van der Waals surface area contributed by atoms with Gasteiger partial charge in [0.2, 0.25) is 0 Å². The predicted molar refractivity (Wildman–Crippen MR) is 144 cm³/mol. The van der Waals surface area contributed by atoms with Crippen LogP contribution in [0.25, 0.3) is 0 Å². The summed E-state index contributed by atoms with van der Waals surface area (Å²) in [4.78, 5) is 5.45. The van der Waals surface area contributed by atoms with Crippen LogP contribution in [-0.4, -0.2) is 10.5 Å². The molecule has 2 aromatic carbocycles. The molecule has 1 saturated heterocycles. The van der Waals surface area contributed by atoms with Gasteiger partial charge < -0.3 is 0 Å². The molecule has 4 atom stereocenters. The van der Waals surface area contributed by atoms with Crippen LogP contribution in [-0.2, 0) is 0 Å². The average Bonchev–Trinajstić information content (AvgIpc) is 3.53. The Morgan fingerprint density at radius 3 is 1.35 bits per heavy atom. The molecule has 4 aromatic rings. The zero-order chi connectivity index (χ0) is 21.2. The van der Waals surface area contributed by atoms with Crippen LogP contribution in [0.2, 0.25) is 10.0 Å². The molecule has 3 heterocycles. The Kier molecular flexibility index (Phi) is 7.30. The second kappa shape index (κ2) is 10.2. The van der Waals surface area contributed by atoms with Gasteiger partial charge in [-0.15, -0.1) is 58.0 Å². The third kappa shape index (κ3) is 5.19. The second-order valence-corrected chi connectivity index (χ2v) is 13.7. The van der Waals surface area contributed by atoms with Gasteiger partial charge in [0.05, 0.1) is 10.5 Å². The van der Waals surface area contributed by atoms with Gasteiger partial charge in [-0.25, -0.2) is 0 Å². The van der Waals surface area contributed by atoms with Crippen molar-refractivity contribution < 1.29 is 0 Å². The highest BCUT2D eigenvalue weighted by Gasteiger charge is 2.47. The Labute approximate surface area is 213 Å². The summed E-state index contributed by atoms with van der Waals surface area (Å²) in [6.07, 6.45) is 0. The molecule has 1 fully saturated rings. The summed E-state index contributed by atoms with van der Waals surface area (Å²) in [5.74, 6) is 0. The van der Waals surface area contributed by atoms with Crippen LogP contribution in [0.3, 0.4) is 0 Å². The number of halogens is 2. The van der Waals surface area contributed by atoms with E-state index >= 15 is 0 Å². The Bertz CT molecular complexity index is 1000. The first kappa shape index (κ1) is 22.3. The average molecular weight is 538 g/mol. The van der Waals surface area contributed by atoms with Crippen LogP contribution in [0, 0.1) is 0 Å². The van der Waals surface area contributed by atoms with Gasteiger partial charge in [0, 0.05) is 40.1 Å². The maximum Gasteiger partial charge on any atom is 0.0531 e. The Hall–Kier alpha value is -0.530. The number of rotatable bonds is 6. The molecule has 158 valence electrons. The SMILES string of the molecule is Clc1ccc(SC2C(c3cccs3)SC(c3cccs3)C2Sc2ccc(Cl)cc2)cc1. The molecule has 0 spiro atoms. The van der Waals surface area contributed by atoms with Gasteiger partial charge >= 0.3 is 0 Å². The van der Waals surface area contributed by atoms with Crippen molar-refractivity contribution in [1.82, 2.24) is 0 Å². The van der Waals surface area contributed by atoms with E-state index in [4.69, 9.17) is 23.2 Å². The molecule has 7 heteroatoms. The van der Waals surface area contributed by atoms with Gasteiger partial charge in [0.1, 0.15) is 0 Å². The third-order valence-electron chi connectivity index (χ3n) is 5.03. The van der Waals surface area contributed by atoms with Gasteiger partial charge in [0.25, 0.3) is 0 Å². The monoisotopic (exact) mass is 536 g/mol. The van der Waals surface area contributed by atoms with E-state index in [1.165, 1.54) is 19.5 Å². The largest absolute Gasteiger partial charge is 0.148 e. The summed E-state index contributed by atoms with van der Waals surface area (Å²) < 4.78 is 0. The summed E-state index contributed by atoms with van der Waals surface area (Å²) in [7, 11) is 0. The quantitative estimate of drug-likeness (QED) is 0.240. The van der Waals surface area contributed by atoms with Crippen molar-refractivity contribution in [1.29, 1.82) is 0 Å². The van der Waals surface area contributed by atoms with E-state index in [0.717, 1.165) is 10.0 Å². The standard InChI is InChI=1S/C24H18Cl2S5/c25-15-5-9-17(10-6-15)29-23-21(19-3-1-13-27-19)31-22(20-4-2-14-28-20)24(23)30-18-11-7-16(26)8-12-18/h1-14,21-24H. The van der Waals surface area contributed by atoms with Crippen LogP contribution >= 0.6 is 81.2 Å². The smallest absolute Gasteiger partial charge is 0.0531 e. The second-order valence-electron chi connectivity index (χ2n) is 7.08. The molecule has 0 saturated carbocycles. The van der Waals surface area contributed by atoms with E-state index in [-0.39, 0.29) is 0 Å². The van der Waals surface area contributed by atoms with E-state index in [1.807, 2.05) is 70.5 Å². The van der Waals surface area contributed by atoms with Crippen molar-refractivity contribution >= 4 is 81.2 Å². The van der Waals surface area contributed by atoms with Crippen molar-refractivity contribution in [3.8, 4) is 0 Å². The molecule has 0 nitrogen and oxygen atoms in total. The minimum absolute atomic E-state index is 0.428. The number of hydrogen-bond acceptors (Lipinski definition) is 5. The Balaban J connectivity index is 1.53. The Morgan fingerprint density at radius 2 is 1.00 bits per heavy atom. The van der Waals surface area contributed by atoms with Crippen molar-refractivity contribution in [2.45, 2.75) is 30.8 Å². The third-order valence-corrected chi connectivity index (χ3v) is 12.7. The lowest BCUT2D eigenvalue weighted by Crippen LogP contribution is -2.21. The van der Waals surface area contributed by atoms with E-state index in [0.29, 0.717) is 21.0 Å². The highest BCUT2D eigenvalue weighted by atomic mass is 35.5. The molecule has 5 rings (SSSR count). The topological polar surface area (TPSA) is 0 Å². The number of hydrogen-bond donors (Lipinski definition) is 0. The van der Waals surface area contributed by atoms with Crippen LogP contribution in [0.15, 0.2) is 93.3 Å². The fourth-order valence-electron chi connectivity index (χ4n) is 3.62. The molecule has 0 aliphatic carbocycles. The van der Waals surface area contributed by atoms with Crippen LogP contribution < -0.4 is 0 Å². The lowest BCUT2D eigenvalue weighted by atomic mass is 10.1. The van der Waals surface area contributed by atoms with Crippen molar-refractivity contribution in [2.75, 3.05) is 0 Å². The summed E-state index contributed by atoms with van der Waals surface area (Å²) in [6.45, 7) is 0. The van der Waals surface area contributed by atoms with E-state index in [9.17, 15) is 0 Å². The molecule has 2 aromatic heterocycles. The summed E-state index contributed by atoms with van der Waals surface area (Å²) >= 11 is 22.1. The van der Waals surface area contributed by atoms with Crippen molar-refractivity contribution in [3.63, 3.8) is 0 Å². The minimum Gasteiger partial charge on any atom is -0.148 e. The maximum atomic E-state index is 6.15. The lowest BCUT2D eigenvalue weighted by Gasteiger charge is -2.25. The summed E-state index contributed by atoms with van der Waals surface area (Å²) in [5.41, 5.74) is 0. The molecule has 0 amide bonds. The van der Waals surface area contributed by atoms with E-state index < -0.39 is 0 Å². The zero-order valence-corrected chi connectivity index (χ0v) is 21.8. The van der Waals surface area contributed by atoms with Crippen molar-refractivity contribution in [2.24, 2.45) is 0 Å². The molecular weight excluding hydrogens is 520 g/mol. The fourth-order valence-corrected chi connectivity index (χ4v) is 11.2. The molecule has 1 aliphatic rings. The van der Waals surface area contributed by atoms with Crippen LogP contribution in [0.1, 0.15) is 20.3 Å². The fraction of sp³-hybridized carbons (Fsp3) is 0.167. The summed E-state index contributed by atoms with van der Waals surface area (Å²) in [6, 6.07) is 25.5. The molecule has 0 N–H and O–H groups in total. The highest BCUT2D eigenvalue weighted by Crippen LogP contribution is 2.63. The number of thioether (sulfide) groups is 3. The molecule has 4 unspecified atom stereocenters. The number of thiophene rings is 2. The van der Waals surface area contributed by atoms with Gasteiger partial charge in [-0.1, -0.05) is 35.3 Å². The molecule has 31 heavy (non-hydrogen) atoms. The first-order chi connectivity index (χ1) is 15.2. The molecule has 1 aliphatic heterocycles. The van der Waals surface area contributed by atoms with Gasteiger partial charge in [-0.2, -0.15) is 0 Å². The normalized spacial score (nSPS) is 23.3. The maximum absolute atomic E-state index is 6.15. The molecule has 0 bridgehead atoms. The Morgan fingerprint density at radius 1 is 0.581 bits per heavy atom. The summed E-state index contributed by atoms with van der Waals surface area (Å²) in [5, 5.41) is 7.69. The van der Waals surface area contributed by atoms with Gasteiger partial charge in [0.15, 0.2) is 0 Å². The predicted octanol–water partition coefficient (Wildman–Crippen LogP) is 9.97. The zero-order valence-electron chi connectivity index (χ0n) is 16.2. The van der Waals surface area contributed by atoms with Crippen LogP contribution in [0.5, 0.6) is 0 Å². The van der Waals surface area contributed by atoms with Gasteiger partial charge in [-0.3, -0.25) is 0 Å². The lowest BCUT2D eigenvalue weighted by molar-refractivity contribution is 0.814. The minimum atomic E-state index is 0.428. The van der Waals surface area contributed by atoms with E-state index in [2.05, 4.69) is 71.1 Å². The van der Waals surface area contributed by atoms with E-state index in [1.54, 1.807) is 0 Å². The number of benzene rings is 2.